The Kier molecular flexibility index (Phi) is 2.11. The van der Waals surface area contributed by atoms with Gasteiger partial charge < -0.3 is 9.84 Å². The van der Waals surface area contributed by atoms with Crippen molar-refractivity contribution in [2.24, 2.45) is 0 Å². The maximum absolute atomic E-state index is 9.15. The molecule has 1 aliphatic rings. The molecule has 2 atom stereocenters. The minimum Gasteiger partial charge on any atom is -0.496 e. The van der Waals surface area contributed by atoms with Crippen LogP contribution in [0.5, 0.6) is 0 Å². The second-order valence-electron chi connectivity index (χ2n) is 2.34. The van der Waals surface area contributed by atoms with E-state index in [1.54, 1.807) is 0 Å². The molecule has 2 unspecified atom stereocenters. The minimum absolute atomic E-state index is 0.0162. The van der Waals surface area contributed by atoms with Crippen molar-refractivity contribution in [1.29, 1.82) is 0 Å². The zero-order valence-electron chi connectivity index (χ0n) is 5.42. The van der Waals surface area contributed by atoms with Gasteiger partial charge in [0.15, 0.2) is 0 Å². The summed E-state index contributed by atoms with van der Waals surface area (Å²) in [4.78, 5) is 0. The molecule has 1 fully saturated rings. The summed E-state index contributed by atoms with van der Waals surface area (Å²) in [6.45, 7) is 3.43. The third-order valence-corrected chi connectivity index (χ3v) is 1.69. The fourth-order valence-corrected chi connectivity index (χ4v) is 1.19. The Hall–Kier alpha value is -0.500. The molecule has 0 bridgehead atoms. The van der Waals surface area contributed by atoms with Crippen molar-refractivity contribution in [3.05, 3.63) is 12.8 Å². The van der Waals surface area contributed by atoms with E-state index < -0.39 is 0 Å². The first-order valence-corrected chi connectivity index (χ1v) is 3.29. The highest BCUT2D eigenvalue weighted by atomic mass is 16.5. The molecular weight excluding hydrogens is 116 g/mol. The summed E-state index contributed by atoms with van der Waals surface area (Å²) in [6, 6.07) is 0. The number of aliphatic hydroxyl groups excluding tert-OH is 1. The predicted octanol–water partition coefficient (Wildman–Crippen LogP) is 1.06. The fraction of sp³-hybridized carbons (Fsp3) is 0.714. The monoisotopic (exact) mass is 128 g/mol. The van der Waals surface area contributed by atoms with Crippen molar-refractivity contribution < 1.29 is 9.84 Å². The second-order valence-corrected chi connectivity index (χ2v) is 2.34. The van der Waals surface area contributed by atoms with Gasteiger partial charge in [0.1, 0.15) is 6.10 Å². The first-order valence-electron chi connectivity index (χ1n) is 3.29. The molecule has 0 aromatic heterocycles. The van der Waals surface area contributed by atoms with Crippen molar-refractivity contribution >= 4 is 0 Å². The van der Waals surface area contributed by atoms with Crippen LogP contribution in [0, 0.1) is 0 Å². The van der Waals surface area contributed by atoms with Gasteiger partial charge in [-0.25, -0.2) is 0 Å². The standard InChI is InChI=1S/C7H12O2/c1-2-9-7-5-3-4-6(7)8/h2,6-8H,1,3-5H2. The summed E-state index contributed by atoms with van der Waals surface area (Å²) in [5.74, 6) is 0. The fourth-order valence-electron chi connectivity index (χ4n) is 1.19. The molecule has 0 heterocycles. The van der Waals surface area contributed by atoms with Gasteiger partial charge in [0.25, 0.3) is 0 Å². The van der Waals surface area contributed by atoms with Crippen LogP contribution in [0.3, 0.4) is 0 Å². The molecule has 0 saturated heterocycles. The minimum atomic E-state index is -0.261. The number of aliphatic hydroxyl groups is 1. The van der Waals surface area contributed by atoms with E-state index >= 15 is 0 Å². The molecule has 0 aromatic carbocycles. The maximum atomic E-state index is 9.15. The SMILES string of the molecule is C=COC1CCCC1O. The van der Waals surface area contributed by atoms with Crippen LogP contribution in [0.25, 0.3) is 0 Å². The normalized spacial score (nSPS) is 34.3. The average Bonchev–Trinajstić information content (AvgIpc) is 2.18. The molecule has 1 aliphatic carbocycles. The quantitative estimate of drug-likeness (QED) is 0.563. The highest BCUT2D eigenvalue weighted by Gasteiger charge is 2.25. The molecule has 1 N–H and O–H groups in total. The Bertz CT molecular complexity index is 101. The third kappa shape index (κ3) is 1.45. The summed E-state index contributed by atoms with van der Waals surface area (Å²) in [5, 5.41) is 9.15. The smallest absolute Gasteiger partial charge is 0.124 e. The Labute approximate surface area is 55.1 Å². The van der Waals surface area contributed by atoms with Crippen molar-refractivity contribution in [2.45, 2.75) is 31.5 Å². The van der Waals surface area contributed by atoms with Gasteiger partial charge in [-0.15, -0.1) is 0 Å². The summed E-state index contributed by atoms with van der Waals surface area (Å²) < 4.78 is 5.03. The largest absolute Gasteiger partial charge is 0.496 e. The molecule has 9 heavy (non-hydrogen) atoms. The highest BCUT2D eigenvalue weighted by Crippen LogP contribution is 2.21. The van der Waals surface area contributed by atoms with E-state index in [-0.39, 0.29) is 12.2 Å². The molecule has 1 saturated carbocycles. The van der Waals surface area contributed by atoms with Crippen molar-refractivity contribution in [3.8, 4) is 0 Å². The molecule has 2 heteroatoms. The summed E-state index contributed by atoms with van der Waals surface area (Å²) in [6.07, 6.45) is 4.07. The van der Waals surface area contributed by atoms with E-state index in [1.165, 1.54) is 6.26 Å². The predicted molar refractivity (Wildman–Crippen MR) is 34.9 cm³/mol. The summed E-state index contributed by atoms with van der Waals surface area (Å²) in [7, 11) is 0. The summed E-state index contributed by atoms with van der Waals surface area (Å²) >= 11 is 0. The average molecular weight is 128 g/mol. The molecule has 0 aliphatic heterocycles. The Morgan fingerprint density at radius 1 is 1.56 bits per heavy atom. The van der Waals surface area contributed by atoms with Gasteiger partial charge in [0, 0.05) is 0 Å². The van der Waals surface area contributed by atoms with Crippen molar-refractivity contribution in [1.82, 2.24) is 0 Å². The highest BCUT2D eigenvalue weighted by molar-refractivity contribution is 4.78. The molecule has 0 radical (unpaired) electrons. The van der Waals surface area contributed by atoms with E-state index in [0.717, 1.165) is 19.3 Å². The lowest BCUT2D eigenvalue weighted by Gasteiger charge is -2.12. The first-order chi connectivity index (χ1) is 4.34. The number of hydrogen-bond acceptors (Lipinski definition) is 2. The second kappa shape index (κ2) is 2.87. The molecular formula is C7H12O2. The van der Waals surface area contributed by atoms with Crippen LogP contribution < -0.4 is 0 Å². The molecule has 0 spiro atoms. The van der Waals surface area contributed by atoms with E-state index in [0.29, 0.717) is 0 Å². The molecule has 2 nitrogen and oxygen atoms in total. The summed E-state index contributed by atoms with van der Waals surface area (Å²) in [5.41, 5.74) is 0. The van der Waals surface area contributed by atoms with Crippen molar-refractivity contribution in [3.63, 3.8) is 0 Å². The van der Waals surface area contributed by atoms with Gasteiger partial charge in [0.2, 0.25) is 0 Å². The Morgan fingerprint density at radius 2 is 2.33 bits per heavy atom. The Morgan fingerprint density at radius 3 is 2.78 bits per heavy atom. The van der Waals surface area contributed by atoms with E-state index in [9.17, 15) is 0 Å². The molecule has 1 rings (SSSR count). The molecule has 0 amide bonds. The Balaban J connectivity index is 2.30. The van der Waals surface area contributed by atoms with Crippen LogP contribution in [-0.2, 0) is 4.74 Å². The lowest BCUT2D eigenvalue weighted by Crippen LogP contribution is -2.20. The zero-order valence-corrected chi connectivity index (χ0v) is 5.42. The maximum Gasteiger partial charge on any atom is 0.124 e. The van der Waals surface area contributed by atoms with Crippen LogP contribution in [0.4, 0.5) is 0 Å². The van der Waals surface area contributed by atoms with Crippen LogP contribution in [0.2, 0.25) is 0 Å². The van der Waals surface area contributed by atoms with Crippen molar-refractivity contribution in [2.75, 3.05) is 0 Å². The van der Waals surface area contributed by atoms with Gasteiger partial charge in [-0.2, -0.15) is 0 Å². The van der Waals surface area contributed by atoms with Gasteiger partial charge in [-0.1, -0.05) is 6.58 Å². The van der Waals surface area contributed by atoms with E-state index in [2.05, 4.69) is 6.58 Å². The lowest BCUT2D eigenvalue weighted by molar-refractivity contribution is 0.0322. The number of ether oxygens (including phenoxy) is 1. The van der Waals surface area contributed by atoms with Gasteiger partial charge in [0.05, 0.1) is 12.4 Å². The number of rotatable bonds is 2. The van der Waals surface area contributed by atoms with Crippen LogP contribution in [0.1, 0.15) is 19.3 Å². The first kappa shape index (κ1) is 6.62. The van der Waals surface area contributed by atoms with Gasteiger partial charge in [-0.05, 0) is 19.3 Å². The topological polar surface area (TPSA) is 29.5 Å². The molecule has 52 valence electrons. The lowest BCUT2D eigenvalue weighted by atomic mass is 10.3. The van der Waals surface area contributed by atoms with E-state index in [4.69, 9.17) is 9.84 Å². The van der Waals surface area contributed by atoms with Crippen LogP contribution in [-0.4, -0.2) is 17.3 Å². The van der Waals surface area contributed by atoms with Gasteiger partial charge >= 0.3 is 0 Å². The van der Waals surface area contributed by atoms with Crippen LogP contribution in [0.15, 0.2) is 12.8 Å². The van der Waals surface area contributed by atoms with E-state index in [1.807, 2.05) is 0 Å². The molecule has 0 aromatic rings. The number of hydrogen-bond donors (Lipinski definition) is 1. The third-order valence-electron chi connectivity index (χ3n) is 1.69. The zero-order chi connectivity index (χ0) is 6.69. The van der Waals surface area contributed by atoms with Crippen LogP contribution >= 0.6 is 0 Å². The van der Waals surface area contributed by atoms with Gasteiger partial charge in [-0.3, -0.25) is 0 Å².